The lowest BCUT2D eigenvalue weighted by Gasteiger charge is -2.35. The molecule has 0 saturated carbocycles. The number of aliphatic carboxylic acids is 1. The Morgan fingerprint density at radius 2 is 2.11 bits per heavy atom. The molecule has 0 radical (unpaired) electrons. The molecule has 5 nitrogen and oxygen atoms in total. The van der Waals surface area contributed by atoms with E-state index in [9.17, 15) is 9.59 Å². The van der Waals surface area contributed by atoms with Crippen molar-refractivity contribution in [2.75, 3.05) is 26.3 Å². The molecule has 0 aromatic rings. The van der Waals surface area contributed by atoms with E-state index in [1.54, 1.807) is 0 Å². The van der Waals surface area contributed by atoms with Gasteiger partial charge in [-0.1, -0.05) is 0 Å². The fourth-order valence-corrected chi connectivity index (χ4v) is 3.02. The zero-order valence-electron chi connectivity index (χ0n) is 11.3. The van der Waals surface area contributed by atoms with Gasteiger partial charge in [0.05, 0.1) is 12.5 Å². The average molecular weight is 269 g/mol. The van der Waals surface area contributed by atoms with E-state index in [0.717, 1.165) is 45.4 Å². The van der Waals surface area contributed by atoms with Gasteiger partial charge in [-0.05, 0) is 38.0 Å². The van der Waals surface area contributed by atoms with Crippen LogP contribution in [0.15, 0.2) is 0 Å². The third-order valence-corrected chi connectivity index (χ3v) is 4.11. The molecule has 19 heavy (non-hydrogen) atoms. The Morgan fingerprint density at radius 3 is 2.79 bits per heavy atom. The standard InChI is InChI=1S/C14H23NO4/c16-13(17)6-5-11-3-1-7-15(9-11)14(18)12-4-2-8-19-10-12/h11-12H,1-10H2,(H,16,17)/t11-,12-/m1/s1. The molecule has 5 heteroatoms. The molecule has 2 saturated heterocycles. The number of likely N-dealkylation sites (tertiary alicyclic amines) is 1. The van der Waals surface area contributed by atoms with Crippen molar-refractivity contribution in [2.24, 2.45) is 11.8 Å². The van der Waals surface area contributed by atoms with Crippen molar-refractivity contribution in [1.29, 1.82) is 0 Å². The van der Waals surface area contributed by atoms with Gasteiger partial charge in [-0.15, -0.1) is 0 Å². The Labute approximate surface area is 113 Å². The second-order valence-electron chi connectivity index (χ2n) is 5.64. The Hall–Kier alpha value is -1.10. The minimum atomic E-state index is -0.746. The molecule has 0 aromatic carbocycles. The molecule has 0 bridgehead atoms. The smallest absolute Gasteiger partial charge is 0.303 e. The number of ether oxygens (including phenoxy) is 1. The molecule has 2 rings (SSSR count). The van der Waals surface area contributed by atoms with Crippen LogP contribution >= 0.6 is 0 Å². The number of carboxylic acid groups (broad SMARTS) is 1. The van der Waals surface area contributed by atoms with Crippen molar-refractivity contribution in [3.8, 4) is 0 Å². The van der Waals surface area contributed by atoms with Crippen LogP contribution in [0.5, 0.6) is 0 Å². The first-order valence-corrected chi connectivity index (χ1v) is 7.25. The van der Waals surface area contributed by atoms with E-state index in [-0.39, 0.29) is 18.2 Å². The summed E-state index contributed by atoms with van der Waals surface area (Å²) in [6, 6.07) is 0. The average Bonchev–Trinajstić information content (AvgIpc) is 2.45. The topological polar surface area (TPSA) is 66.8 Å². The number of amides is 1. The molecular formula is C14H23NO4. The number of carboxylic acids is 1. The molecule has 0 unspecified atom stereocenters. The number of hydrogen-bond donors (Lipinski definition) is 1. The maximum atomic E-state index is 12.4. The summed E-state index contributed by atoms with van der Waals surface area (Å²) in [5, 5.41) is 8.73. The minimum Gasteiger partial charge on any atom is -0.481 e. The third-order valence-electron chi connectivity index (χ3n) is 4.11. The van der Waals surface area contributed by atoms with Crippen LogP contribution in [0.4, 0.5) is 0 Å². The lowest BCUT2D eigenvalue weighted by molar-refractivity contribution is -0.141. The van der Waals surface area contributed by atoms with Gasteiger partial charge in [-0.25, -0.2) is 0 Å². The van der Waals surface area contributed by atoms with E-state index in [4.69, 9.17) is 9.84 Å². The number of nitrogens with zero attached hydrogens (tertiary/aromatic N) is 1. The normalized spacial score (nSPS) is 28.1. The molecule has 0 aromatic heterocycles. The SMILES string of the molecule is O=C(O)CC[C@H]1CCCN(C(=O)[C@@H]2CCCOC2)C1. The monoisotopic (exact) mass is 269 g/mol. The number of carbonyl (C=O) groups excluding carboxylic acids is 1. The molecule has 0 aliphatic carbocycles. The molecule has 2 fully saturated rings. The highest BCUT2D eigenvalue weighted by atomic mass is 16.5. The summed E-state index contributed by atoms with van der Waals surface area (Å²) in [6.07, 6.45) is 4.81. The molecule has 1 amide bonds. The summed E-state index contributed by atoms with van der Waals surface area (Å²) < 4.78 is 5.37. The Morgan fingerprint density at radius 1 is 1.26 bits per heavy atom. The van der Waals surface area contributed by atoms with Gasteiger partial charge in [-0.3, -0.25) is 9.59 Å². The second kappa shape index (κ2) is 6.89. The van der Waals surface area contributed by atoms with Crippen molar-refractivity contribution in [3.05, 3.63) is 0 Å². The van der Waals surface area contributed by atoms with Crippen molar-refractivity contribution in [3.63, 3.8) is 0 Å². The van der Waals surface area contributed by atoms with E-state index >= 15 is 0 Å². The fraction of sp³-hybridized carbons (Fsp3) is 0.857. The van der Waals surface area contributed by atoms with E-state index < -0.39 is 5.97 Å². The van der Waals surface area contributed by atoms with Crippen LogP contribution in [-0.2, 0) is 14.3 Å². The summed E-state index contributed by atoms with van der Waals surface area (Å²) >= 11 is 0. The summed E-state index contributed by atoms with van der Waals surface area (Å²) in [6.45, 7) is 2.86. The maximum Gasteiger partial charge on any atom is 0.303 e. The molecule has 2 aliphatic rings. The highest BCUT2D eigenvalue weighted by Crippen LogP contribution is 2.24. The van der Waals surface area contributed by atoms with Crippen LogP contribution < -0.4 is 0 Å². The van der Waals surface area contributed by atoms with Crippen LogP contribution in [0.1, 0.15) is 38.5 Å². The van der Waals surface area contributed by atoms with Gasteiger partial charge >= 0.3 is 5.97 Å². The molecule has 2 atom stereocenters. The predicted molar refractivity (Wildman–Crippen MR) is 69.7 cm³/mol. The van der Waals surface area contributed by atoms with Crippen molar-refractivity contribution in [1.82, 2.24) is 4.90 Å². The van der Waals surface area contributed by atoms with Gasteiger partial charge in [0.25, 0.3) is 0 Å². The van der Waals surface area contributed by atoms with E-state index in [2.05, 4.69) is 0 Å². The van der Waals surface area contributed by atoms with Crippen LogP contribution in [0.2, 0.25) is 0 Å². The first-order chi connectivity index (χ1) is 9.16. The molecule has 1 N–H and O–H groups in total. The second-order valence-corrected chi connectivity index (χ2v) is 5.64. The Balaban J connectivity index is 1.82. The zero-order valence-corrected chi connectivity index (χ0v) is 11.3. The lowest BCUT2D eigenvalue weighted by Crippen LogP contribution is -2.45. The first-order valence-electron chi connectivity index (χ1n) is 7.25. The van der Waals surface area contributed by atoms with Gasteiger partial charge in [0.1, 0.15) is 0 Å². The Bertz CT molecular complexity index is 325. The van der Waals surface area contributed by atoms with Crippen molar-refractivity contribution in [2.45, 2.75) is 38.5 Å². The third kappa shape index (κ3) is 4.20. The molecule has 0 spiro atoms. The fourth-order valence-electron chi connectivity index (χ4n) is 3.02. The van der Waals surface area contributed by atoms with Gasteiger partial charge in [0.15, 0.2) is 0 Å². The van der Waals surface area contributed by atoms with E-state index in [1.165, 1.54) is 0 Å². The predicted octanol–water partition coefficient (Wildman–Crippen LogP) is 1.52. The van der Waals surface area contributed by atoms with Crippen molar-refractivity contribution >= 4 is 11.9 Å². The summed E-state index contributed by atoms with van der Waals surface area (Å²) in [5.74, 6) is -0.172. The van der Waals surface area contributed by atoms with Gasteiger partial charge in [0.2, 0.25) is 5.91 Å². The van der Waals surface area contributed by atoms with Gasteiger partial charge in [-0.2, -0.15) is 0 Å². The number of carbonyl (C=O) groups is 2. The van der Waals surface area contributed by atoms with Gasteiger partial charge < -0.3 is 14.7 Å². The molecular weight excluding hydrogens is 246 g/mol. The Kier molecular flexibility index (Phi) is 5.19. The highest BCUT2D eigenvalue weighted by Gasteiger charge is 2.30. The lowest BCUT2D eigenvalue weighted by atomic mass is 9.91. The van der Waals surface area contributed by atoms with Crippen LogP contribution in [0, 0.1) is 11.8 Å². The minimum absolute atomic E-state index is 0.0203. The maximum absolute atomic E-state index is 12.4. The van der Waals surface area contributed by atoms with Crippen molar-refractivity contribution < 1.29 is 19.4 Å². The summed E-state index contributed by atoms with van der Waals surface area (Å²) in [5.41, 5.74) is 0. The van der Waals surface area contributed by atoms with Crippen LogP contribution in [-0.4, -0.2) is 48.2 Å². The highest BCUT2D eigenvalue weighted by molar-refractivity contribution is 5.79. The molecule has 2 heterocycles. The van der Waals surface area contributed by atoms with Crippen LogP contribution in [0.3, 0.4) is 0 Å². The zero-order chi connectivity index (χ0) is 13.7. The number of hydrogen-bond acceptors (Lipinski definition) is 3. The molecule has 108 valence electrons. The van der Waals surface area contributed by atoms with Gasteiger partial charge in [0, 0.05) is 26.1 Å². The van der Waals surface area contributed by atoms with Crippen LogP contribution in [0.25, 0.3) is 0 Å². The summed E-state index contributed by atoms with van der Waals surface area (Å²) in [7, 11) is 0. The first kappa shape index (κ1) is 14.3. The quantitative estimate of drug-likeness (QED) is 0.840. The van der Waals surface area contributed by atoms with E-state index in [1.807, 2.05) is 4.90 Å². The van der Waals surface area contributed by atoms with E-state index in [0.29, 0.717) is 18.9 Å². The molecule has 2 aliphatic heterocycles. The number of piperidine rings is 1. The summed E-state index contributed by atoms with van der Waals surface area (Å²) in [4.78, 5) is 24.9. The number of rotatable bonds is 4. The largest absolute Gasteiger partial charge is 0.481 e.